The third-order valence-corrected chi connectivity index (χ3v) is 3.04. The lowest BCUT2D eigenvalue weighted by Gasteiger charge is -2.29. The third-order valence-electron chi connectivity index (χ3n) is 3.04. The van der Waals surface area contributed by atoms with Gasteiger partial charge in [0.2, 0.25) is 5.95 Å². The molecule has 1 aromatic rings. The quantitative estimate of drug-likeness (QED) is 0.794. The van der Waals surface area contributed by atoms with Crippen molar-refractivity contribution in [2.45, 2.75) is 12.8 Å². The van der Waals surface area contributed by atoms with E-state index in [0.29, 0.717) is 5.92 Å². The first-order valence-electron chi connectivity index (χ1n) is 5.78. The van der Waals surface area contributed by atoms with Crippen molar-refractivity contribution in [3.8, 4) is 0 Å². The standard InChI is InChI=1S/C12H18FN3/c1-16-6-2-3-10(9-16)7-14-11-4-5-12(13)15-8-11/h4-5,8,10,14H,2-3,6-7,9H2,1H3. The van der Waals surface area contributed by atoms with Crippen molar-refractivity contribution in [1.82, 2.24) is 9.88 Å². The van der Waals surface area contributed by atoms with Gasteiger partial charge < -0.3 is 10.2 Å². The summed E-state index contributed by atoms with van der Waals surface area (Å²) in [6, 6.07) is 3.12. The van der Waals surface area contributed by atoms with E-state index in [-0.39, 0.29) is 0 Å². The molecule has 0 radical (unpaired) electrons. The predicted octanol–water partition coefficient (Wildman–Crippen LogP) is 1.97. The summed E-state index contributed by atoms with van der Waals surface area (Å²) in [4.78, 5) is 5.98. The number of rotatable bonds is 3. The van der Waals surface area contributed by atoms with Crippen LogP contribution in [0.2, 0.25) is 0 Å². The van der Waals surface area contributed by atoms with E-state index in [9.17, 15) is 4.39 Å². The van der Waals surface area contributed by atoms with E-state index in [4.69, 9.17) is 0 Å². The number of anilines is 1. The third kappa shape index (κ3) is 3.17. The number of aromatic nitrogens is 1. The normalized spacial score (nSPS) is 22.0. The van der Waals surface area contributed by atoms with E-state index >= 15 is 0 Å². The van der Waals surface area contributed by atoms with Crippen LogP contribution in [0.25, 0.3) is 0 Å². The molecule has 1 aliphatic heterocycles. The second-order valence-electron chi connectivity index (χ2n) is 4.52. The van der Waals surface area contributed by atoms with Crippen molar-refractivity contribution >= 4 is 5.69 Å². The Balaban J connectivity index is 1.80. The molecule has 3 nitrogen and oxygen atoms in total. The minimum absolute atomic E-state index is 0.428. The summed E-state index contributed by atoms with van der Waals surface area (Å²) in [6.07, 6.45) is 4.08. The van der Waals surface area contributed by atoms with Crippen molar-refractivity contribution in [2.75, 3.05) is 32.0 Å². The zero-order chi connectivity index (χ0) is 11.4. The maximum atomic E-state index is 12.6. The summed E-state index contributed by atoms with van der Waals surface area (Å²) >= 11 is 0. The molecule has 1 unspecified atom stereocenters. The Morgan fingerprint density at radius 3 is 3.12 bits per heavy atom. The highest BCUT2D eigenvalue weighted by Crippen LogP contribution is 2.16. The SMILES string of the molecule is CN1CCCC(CNc2ccc(F)nc2)C1. The average molecular weight is 223 g/mol. The van der Waals surface area contributed by atoms with Crippen LogP contribution < -0.4 is 5.32 Å². The molecular formula is C12H18FN3. The Kier molecular flexibility index (Phi) is 3.72. The van der Waals surface area contributed by atoms with E-state index in [1.165, 1.54) is 25.5 Å². The predicted molar refractivity (Wildman–Crippen MR) is 62.9 cm³/mol. The first-order valence-corrected chi connectivity index (χ1v) is 5.78. The average Bonchev–Trinajstić information content (AvgIpc) is 2.28. The Morgan fingerprint density at radius 1 is 1.56 bits per heavy atom. The Bertz CT molecular complexity index is 326. The molecule has 1 fully saturated rings. The first kappa shape index (κ1) is 11.3. The molecule has 1 aliphatic rings. The highest BCUT2D eigenvalue weighted by atomic mass is 19.1. The number of hydrogen-bond donors (Lipinski definition) is 1. The van der Waals surface area contributed by atoms with Gasteiger partial charge in [-0.1, -0.05) is 0 Å². The number of nitrogens with one attached hydrogen (secondary N) is 1. The van der Waals surface area contributed by atoms with Gasteiger partial charge in [-0.25, -0.2) is 4.98 Å². The Morgan fingerprint density at radius 2 is 2.44 bits per heavy atom. The summed E-state index contributed by atoms with van der Waals surface area (Å²) in [5.41, 5.74) is 0.898. The number of nitrogens with zero attached hydrogens (tertiary/aromatic N) is 2. The molecule has 0 aromatic carbocycles. The number of likely N-dealkylation sites (tertiary alicyclic amines) is 1. The van der Waals surface area contributed by atoms with Crippen molar-refractivity contribution < 1.29 is 4.39 Å². The van der Waals surface area contributed by atoms with Crippen molar-refractivity contribution in [3.63, 3.8) is 0 Å². The molecule has 1 aromatic heterocycles. The fourth-order valence-corrected chi connectivity index (χ4v) is 2.18. The van der Waals surface area contributed by atoms with Gasteiger partial charge in [0, 0.05) is 13.1 Å². The van der Waals surface area contributed by atoms with Crippen LogP contribution in [0.3, 0.4) is 0 Å². The fourth-order valence-electron chi connectivity index (χ4n) is 2.18. The highest BCUT2D eigenvalue weighted by Gasteiger charge is 2.16. The van der Waals surface area contributed by atoms with E-state index in [0.717, 1.165) is 18.8 Å². The maximum Gasteiger partial charge on any atom is 0.212 e. The molecule has 1 atom stereocenters. The van der Waals surface area contributed by atoms with Gasteiger partial charge in [0.25, 0.3) is 0 Å². The minimum Gasteiger partial charge on any atom is -0.383 e. The molecule has 1 saturated heterocycles. The first-order chi connectivity index (χ1) is 7.74. The molecule has 2 heterocycles. The number of piperidine rings is 1. The monoisotopic (exact) mass is 223 g/mol. The molecule has 2 rings (SSSR count). The van der Waals surface area contributed by atoms with Crippen molar-refractivity contribution in [1.29, 1.82) is 0 Å². The maximum absolute atomic E-state index is 12.6. The molecular weight excluding hydrogens is 205 g/mol. The minimum atomic E-state index is -0.428. The summed E-state index contributed by atoms with van der Waals surface area (Å²) in [5, 5.41) is 3.31. The van der Waals surface area contributed by atoms with Crippen LogP contribution in [0, 0.1) is 11.9 Å². The van der Waals surface area contributed by atoms with E-state index in [1.54, 1.807) is 12.3 Å². The number of pyridine rings is 1. The van der Waals surface area contributed by atoms with Crippen LogP contribution in [0.15, 0.2) is 18.3 Å². The van der Waals surface area contributed by atoms with Crippen LogP contribution in [-0.4, -0.2) is 36.6 Å². The van der Waals surface area contributed by atoms with Crippen LogP contribution in [0.5, 0.6) is 0 Å². The van der Waals surface area contributed by atoms with Gasteiger partial charge in [-0.3, -0.25) is 0 Å². The second-order valence-corrected chi connectivity index (χ2v) is 4.52. The van der Waals surface area contributed by atoms with Gasteiger partial charge in [-0.15, -0.1) is 0 Å². The van der Waals surface area contributed by atoms with E-state index < -0.39 is 5.95 Å². The lowest BCUT2D eigenvalue weighted by Crippen LogP contribution is -2.35. The Hall–Kier alpha value is -1.16. The zero-order valence-corrected chi connectivity index (χ0v) is 9.62. The molecule has 0 spiro atoms. The van der Waals surface area contributed by atoms with Crippen LogP contribution >= 0.6 is 0 Å². The largest absolute Gasteiger partial charge is 0.383 e. The molecule has 1 N–H and O–H groups in total. The van der Waals surface area contributed by atoms with Gasteiger partial charge in [0.1, 0.15) is 0 Å². The topological polar surface area (TPSA) is 28.2 Å². The molecule has 0 saturated carbocycles. The number of halogens is 1. The van der Waals surface area contributed by atoms with Crippen LogP contribution in [-0.2, 0) is 0 Å². The van der Waals surface area contributed by atoms with Crippen molar-refractivity contribution in [2.24, 2.45) is 5.92 Å². The van der Waals surface area contributed by atoms with Gasteiger partial charge in [0.05, 0.1) is 11.9 Å². The summed E-state index contributed by atoms with van der Waals surface area (Å²) in [7, 11) is 2.16. The lowest BCUT2D eigenvalue weighted by molar-refractivity contribution is 0.217. The van der Waals surface area contributed by atoms with Crippen LogP contribution in [0.4, 0.5) is 10.1 Å². The molecule has 88 valence electrons. The van der Waals surface area contributed by atoms with Gasteiger partial charge >= 0.3 is 0 Å². The smallest absolute Gasteiger partial charge is 0.212 e. The lowest BCUT2D eigenvalue weighted by atomic mass is 9.98. The van der Waals surface area contributed by atoms with Gasteiger partial charge in [-0.05, 0) is 44.5 Å². The van der Waals surface area contributed by atoms with Gasteiger partial charge in [-0.2, -0.15) is 4.39 Å². The summed E-state index contributed by atoms with van der Waals surface area (Å²) in [5.74, 6) is 0.256. The molecule has 0 aliphatic carbocycles. The van der Waals surface area contributed by atoms with E-state index in [2.05, 4.69) is 22.2 Å². The Labute approximate surface area is 95.7 Å². The highest BCUT2D eigenvalue weighted by molar-refractivity contribution is 5.39. The molecule has 16 heavy (non-hydrogen) atoms. The molecule has 0 bridgehead atoms. The van der Waals surface area contributed by atoms with Crippen LogP contribution in [0.1, 0.15) is 12.8 Å². The second kappa shape index (κ2) is 5.25. The molecule has 0 amide bonds. The van der Waals surface area contributed by atoms with Gasteiger partial charge in [0.15, 0.2) is 0 Å². The molecule has 4 heteroatoms. The summed E-state index contributed by atoms with van der Waals surface area (Å²) < 4.78 is 12.6. The zero-order valence-electron chi connectivity index (χ0n) is 9.62. The number of hydrogen-bond acceptors (Lipinski definition) is 3. The van der Waals surface area contributed by atoms with E-state index in [1.807, 2.05) is 0 Å². The summed E-state index contributed by atoms with van der Waals surface area (Å²) in [6.45, 7) is 3.29. The fraction of sp³-hybridized carbons (Fsp3) is 0.583. The van der Waals surface area contributed by atoms with Crippen molar-refractivity contribution in [3.05, 3.63) is 24.3 Å².